The molecule has 0 aliphatic heterocycles. The van der Waals surface area contributed by atoms with Gasteiger partial charge in [-0.1, -0.05) is 103 Å². The molecule has 26 heteroatoms. The van der Waals surface area contributed by atoms with Crippen LogP contribution in [0.25, 0.3) is 21.5 Å². The first kappa shape index (κ1) is 58.3. The smallest absolute Gasteiger partial charge is 0.200 e. The Hall–Kier alpha value is -7.41. The summed E-state index contributed by atoms with van der Waals surface area (Å²) in [6, 6.07) is 17.0. The van der Waals surface area contributed by atoms with Crippen LogP contribution in [0.3, 0.4) is 0 Å². The maximum Gasteiger partial charge on any atom is 0.416 e. The molecule has 1 aromatic heterocycles. The normalized spacial score (nSPS) is 13.4. The van der Waals surface area contributed by atoms with Gasteiger partial charge >= 0.3 is 49.4 Å². The van der Waals surface area contributed by atoms with Crippen LogP contribution in [-0.2, 0) is 56.0 Å². The Bertz CT molecular complexity index is 2990. The van der Waals surface area contributed by atoms with E-state index in [0.29, 0.717) is 0 Å². The van der Waals surface area contributed by atoms with Gasteiger partial charge in [-0.15, -0.1) is 0 Å². The van der Waals surface area contributed by atoms with Gasteiger partial charge in [0.1, 0.15) is 6.15 Å². The number of hydrogen-bond acceptors (Lipinski definition) is 0. The maximum atomic E-state index is 14.2. The van der Waals surface area contributed by atoms with Gasteiger partial charge in [0.15, 0.2) is 18.9 Å². The van der Waals surface area contributed by atoms with E-state index in [4.69, 9.17) is 0 Å². The number of pyridine rings is 1. The molecule has 78 heavy (non-hydrogen) atoms. The molecule has 1 nitrogen and oxygen atoms in total. The number of hydrogen-bond donors (Lipinski definition) is 0. The van der Waals surface area contributed by atoms with Crippen molar-refractivity contribution in [2.24, 2.45) is 0 Å². The first-order chi connectivity index (χ1) is 35.6. The second-order valence-electron chi connectivity index (χ2n) is 17.7. The molecule has 0 saturated heterocycles. The van der Waals surface area contributed by atoms with Gasteiger partial charge in [0.25, 0.3) is 0 Å². The van der Waals surface area contributed by atoms with E-state index in [-0.39, 0.29) is 0 Å². The highest BCUT2D eigenvalue weighted by Gasteiger charge is 2.47. The van der Waals surface area contributed by atoms with Gasteiger partial charge in [0.2, 0.25) is 0 Å². The lowest BCUT2D eigenvalue weighted by molar-refractivity contribution is -0.687. The lowest BCUT2D eigenvalue weighted by atomic mass is 9.12. The average Bonchev–Trinajstić information content (AvgIpc) is 3.32. The van der Waals surface area contributed by atoms with Crippen LogP contribution in [0.2, 0.25) is 0 Å². The third-order valence-corrected chi connectivity index (χ3v) is 12.4. The van der Waals surface area contributed by atoms with Crippen LogP contribution in [0.4, 0.5) is 105 Å². The minimum atomic E-state index is -6.13. The minimum absolute atomic E-state index is 0.691. The van der Waals surface area contributed by atoms with Crippen LogP contribution in [-0.4, -0.2) is 6.15 Å². The number of fused-ring (bicyclic) bond motifs is 2. The van der Waals surface area contributed by atoms with Crippen LogP contribution in [0.1, 0.15) is 50.1 Å². The third kappa shape index (κ3) is 12.8. The molecule has 8 rings (SSSR count). The summed E-state index contributed by atoms with van der Waals surface area (Å²) in [6.45, 7) is 0.898. The van der Waals surface area contributed by atoms with Crippen molar-refractivity contribution in [3.63, 3.8) is 0 Å². The lowest BCUT2D eigenvalue weighted by Crippen LogP contribution is -2.75. The summed E-state index contributed by atoms with van der Waals surface area (Å²) in [5.41, 5.74) is -28.9. The third-order valence-electron chi connectivity index (χ3n) is 12.4. The van der Waals surface area contributed by atoms with E-state index in [0.717, 1.165) is 6.54 Å². The largest absolute Gasteiger partial charge is 0.416 e. The quantitative estimate of drug-likeness (QED) is 0.0888. The summed E-state index contributed by atoms with van der Waals surface area (Å²) in [5.74, 6) is 0. The van der Waals surface area contributed by atoms with Crippen LogP contribution < -0.4 is 26.4 Å². The Labute approximate surface area is 422 Å². The van der Waals surface area contributed by atoms with Crippen molar-refractivity contribution in [1.82, 2.24) is 0 Å². The van der Waals surface area contributed by atoms with E-state index in [1.54, 1.807) is 0 Å². The summed E-state index contributed by atoms with van der Waals surface area (Å²) < 4.78 is 343. The average molecular weight is 1130 g/mol. The van der Waals surface area contributed by atoms with Crippen molar-refractivity contribution >= 4 is 49.5 Å². The molecule has 0 atom stereocenters. The monoisotopic (exact) mass is 1130 g/mol. The first-order valence-corrected chi connectivity index (χ1v) is 21.9. The Morgan fingerprint density at radius 2 is 0.526 bits per heavy atom. The molecule has 412 valence electrons. The molecule has 0 unspecified atom stereocenters. The molecule has 0 spiro atoms. The van der Waals surface area contributed by atoms with Crippen LogP contribution in [0.5, 0.6) is 0 Å². The topological polar surface area (TPSA) is 3.88 Å². The number of halogens is 24. The maximum absolute atomic E-state index is 14.2. The zero-order valence-corrected chi connectivity index (χ0v) is 38.3. The summed E-state index contributed by atoms with van der Waals surface area (Å²) in [5, 5.41) is 5.16. The molecule has 7 aromatic carbocycles. The molecular weight excluding hydrogens is 1110 g/mol. The Morgan fingerprint density at radius 1 is 0.269 bits per heavy atom. The molecule has 0 amide bonds. The molecule has 0 radical (unpaired) electrons. The van der Waals surface area contributed by atoms with Crippen molar-refractivity contribution in [3.05, 3.63) is 208 Å². The van der Waals surface area contributed by atoms with E-state index in [2.05, 4.69) is 89.8 Å². The van der Waals surface area contributed by atoms with E-state index in [9.17, 15) is 105 Å². The van der Waals surface area contributed by atoms with Crippen molar-refractivity contribution in [1.29, 1.82) is 0 Å². The molecule has 1 heterocycles. The molecule has 0 aliphatic carbocycles. The van der Waals surface area contributed by atoms with Crippen LogP contribution in [0.15, 0.2) is 158 Å². The summed E-state index contributed by atoms with van der Waals surface area (Å²) in [7, 11) is 0. The highest BCUT2D eigenvalue weighted by molar-refractivity contribution is 7.20. The number of alkyl halides is 24. The Balaban J connectivity index is 0.000000344. The number of rotatable bonds is 6. The van der Waals surface area contributed by atoms with E-state index in [1.165, 1.54) is 27.1 Å². The van der Waals surface area contributed by atoms with E-state index >= 15 is 0 Å². The van der Waals surface area contributed by atoms with Gasteiger partial charge < -0.3 is 0 Å². The highest BCUT2D eigenvalue weighted by Crippen LogP contribution is 2.41. The number of benzene rings is 7. The second kappa shape index (κ2) is 20.1. The summed E-state index contributed by atoms with van der Waals surface area (Å²) in [4.78, 5) is 0. The van der Waals surface area contributed by atoms with Gasteiger partial charge in [0.05, 0.1) is 44.5 Å². The van der Waals surface area contributed by atoms with Gasteiger partial charge in [0, 0.05) is 17.0 Å². The van der Waals surface area contributed by atoms with Crippen molar-refractivity contribution < 1.29 is 110 Å². The summed E-state index contributed by atoms with van der Waals surface area (Å²) in [6.07, 6.45) is -50.4. The molecule has 0 N–H and O–H groups in total. The fourth-order valence-corrected chi connectivity index (χ4v) is 8.89. The fraction of sp³-hybridized carbons (Fsp3) is 0.173. The Morgan fingerprint density at radius 3 is 0.808 bits per heavy atom. The van der Waals surface area contributed by atoms with Crippen molar-refractivity contribution in [3.8, 4) is 0 Å². The molecule has 0 fully saturated rings. The minimum Gasteiger partial charge on any atom is -0.200 e. The van der Waals surface area contributed by atoms with Crippen molar-refractivity contribution in [2.45, 2.75) is 56.0 Å². The van der Waals surface area contributed by atoms with Gasteiger partial charge in [-0.3, -0.25) is 0 Å². The predicted molar refractivity (Wildman–Crippen MR) is 237 cm³/mol. The molecular formula is C52H28BF24N. The zero-order valence-electron chi connectivity index (χ0n) is 38.3. The first-order valence-electron chi connectivity index (χ1n) is 21.9. The standard InChI is InChI=1S/C32H12BF24.C20H16N/c34-25(35,36)13-1-14(26(37,38)39)6-21(5-13)33(22-7-15(27(40,41)42)2-16(8-22)28(43,44)45,23-9-17(29(46,47)48)3-18(10-23)30(49,50)51)24-11-19(31(52,53)54)4-20(12-24)32(55,56)57;1-3-7-19-13-16(9-10-17(19)5-1)14-21-12-11-18-6-2-4-8-20(18)15-21/h1-12H;1-13,15H,14H2/q-1;+1. The van der Waals surface area contributed by atoms with E-state index in [1.807, 2.05) is 0 Å². The van der Waals surface area contributed by atoms with Gasteiger partial charge in [-0.2, -0.15) is 127 Å². The molecule has 0 bridgehead atoms. The van der Waals surface area contributed by atoms with Crippen molar-refractivity contribution in [2.75, 3.05) is 0 Å². The zero-order chi connectivity index (χ0) is 58.0. The molecule has 0 saturated carbocycles. The number of nitrogens with zero attached hydrogens (tertiary/aromatic N) is 1. The summed E-state index contributed by atoms with van der Waals surface area (Å²) >= 11 is 0. The number of aromatic nitrogens is 1. The Kier molecular flexibility index (Phi) is 15.0. The fourth-order valence-electron chi connectivity index (χ4n) is 8.89. The van der Waals surface area contributed by atoms with Gasteiger partial charge in [-0.05, 0) is 52.6 Å². The predicted octanol–water partition coefficient (Wildman–Crippen LogP) is 15.5. The highest BCUT2D eigenvalue weighted by atomic mass is 19.4. The van der Waals surface area contributed by atoms with Gasteiger partial charge in [-0.25, -0.2) is 4.57 Å². The van der Waals surface area contributed by atoms with Crippen LogP contribution >= 0.6 is 0 Å². The lowest BCUT2D eigenvalue weighted by Gasteiger charge is -2.46. The van der Waals surface area contributed by atoms with Crippen LogP contribution in [0, 0.1) is 0 Å². The molecule has 8 aromatic rings. The van der Waals surface area contributed by atoms with E-state index < -0.39 is 195 Å². The molecule has 0 aliphatic rings. The second-order valence-corrected chi connectivity index (χ2v) is 17.7. The SMILES string of the molecule is FC(F)(F)c1cc([B-](c2cc(C(F)(F)F)cc(C(F)(F)F)c2)(c2cc(C(F)(F)F)cc(C(F)(F)F)c2)c2cc(C(F)(F)F)cc(C(F)(F)F)c2)cc(C(F)(F)F)c1.c1ccc2cc(C[n+]3ccc4ccccc4c3)ccc2c1.